The Hall–Kier alpha value is -6.96. The first kappa shape index (κ1) is 58.1. The topological polar surface area (TPSA) is 449 Å². The predicted molar refractivity (Wildman–Crippen MR) is 259 cm³/mol. The molecule has 67 heavy (non-hydrogen) atoms. The molecule has 1 atom stereocenters. The lowest BCUT2D eigenvalue weighted by Gasteiger charge is -2.31. The van der Waals surface area contributed by atoms with Gasteiger partial charge in [-0.05, 0) is 63.6 Å². The molecule has 376 valence electrons. The molecular weight excluding hydrogens is 869 g/mol. The first-order valence-corrected chi connectivity index (χ1v) is 22.3. The van der Waals surface area contributed by atoms with Crippen molar-refractivity contribution in [3.05, 3.63) is 35.9 Å². The molecule has 26 nitrogen and oxygen atoms in total. The second-order valence-electron chi connectivity index (χ2n) is 15.5. The van der Waals surface area contributed by atoms with Crippen molar-refractivity contribution in [1.29, 1.82) is 0 Å². The monoisotopic (exact) mass is 945 g/mol. The molecule has 1 rings (SSSR count). The maximum Gasteiger partial charge on any atom is 0.242 e. The van der Waals surface area contributed by atoms with Crippen molar-refractivity contribution in [2.45, 2.75) is 70.4 Å². The SMILES string of the molecule is NCCCCCCNCC(=O)N(CCCN=C(N)N)CC(=O)N(CCCN=C(N)N)CC(=O)N(CC(=O)N(CCCN=C(N)N)CC(=O)N[C@H](CCCN=C(N)N)C(N)=O)Cc1ccccc1. The van der Waals surface area contributed by atoms with Crippen LogP contribution < -0.4 is 68.0 Å². The van der Waals surface area contributed by atoms with Crippen molar-refractivity contribution in [3.63, 3.8) is 0 Å². The molecule has 1 aromatic carbocycles. The van der Waals surface area contributed by atoms with Crippen molar-refractivity contribution >= 4 is 59.3 Å². The average molecular weight is 945 g/mol. The number of guanidine groups is 4. The number of amides is 6. The number of primary amides is 1. The highest BCUT2D eigenvalue weighted by Crippen LogP contribution is 2.10. The van der Waals surface area contributed by atoms with E-state index in [9.17, 15) is 28.8 Å². The zero-order chi connectivity index (χ0) is 50.0. The maximum absolute atomic E-state index is 14.4. The van der Waals surface area contributed by atoms with Crippen molar-refractivity contribution in [2.24, 2.45) is 77.3 Å². The summed E-state index contributed by atoms with van der Waals surface area (Å²) >= 11 is 0. The van der Waals surface area contributed by atoms with Gasteiger partial charge in [-0.15, -0.1) is 0 Å². The Kier molecular flexibility index (Phi) is 29.8. The summed E-state index contributed by atoms with van der Waals surface area (Å²) in [6, 6.07) is 7.76. The van der Waals surface area contributed by atoms with Crippen LogP contribution in [0.15, 0.2) is 50.3 Å². The molecule has 0 radical (unpaired) electrons. The van der Waals surface area contributed by atoms with Crippen LogP contribution in [0.25, 0.3) is 0 Å². The highest BCUT2D eigenvalue weighted by Gasteiger charge is 2.28. The summed E-state index contributed by atoms with van der Waals surface area (Å²) in [7, 11) is 0. The number of rotatable bonds is 36. The summed E-state index contributed by atoms with van der Waals surface area (Å²) in [5.74, 6) is -4.23. The van der Waals surface area contributed by atoms with Crippen LogP contribution in [0, 0.1) is 0 Å². The van der Waals surface area contributed by atoms with Gasteiger partial charge in [0.15, 0.2) is 23.8 Å². The molecule has 0 unspecified atom stereocenters. The van der Waals surface area contributed by atoms with E-state index in [4.69, 9.17) is 57.3 Å². The van der Waals surface area contributed by atoms with Gasteiger partial charge in [0.25, 0.3) is 0 Å². The highest BCUT2D eigenvalue weighted by atomic mass is 16.2. The van der Waals surface area contributed by atoms with Crippen LogP contribution in [-0.2, 0) is 35.3 Å². The minimum atomic E-state index is -1.09. The minimum Gasteiger partial charge on any atom is -0.370 e. The molecule has 22 N–H and O–H groups in total. The molecule has 0 spiro atoms. The third-order valence-electron chi connectivity index (χ3n) is 9.79. The van der Waals surface area contributed by atoms with Crippen LogP contribution in [0.2, 0.25) is 0 Å². The van der Waals surface area contributed by atoms with Gasteiger partial charge in [-0.2, -0.15) is 0 Å². The Balaban J connectivity index is 3.47. The normalized spacial score (nSPS) is 11.0. The Morgan fingerprint density at radius 3 is 1.42 bits per heavy atom. The fourth-order valence-corrected chi connectivity index (χ4v) is 6.37. The predicted octanol–water partition coefficient (Wildman–Crippen LogP) is -5.38. The van der Waals surface area contributed by atoms with E-state index in [2.05, 4.69) is 30.6 Å². The maximum atomic E-state index is 14.4. The van der Waals surface area contributed by atoms with E-state index in [0.29, 0.717) is 31.5 Å². The van der Waals surface area contributed by atoms with Crippen LogP contribution in [0.3, 0.4) is 0 Å². The zero-order valence-corrected chi connectivity index (χ0v) is 38.7. The number of carbonyl (C=O) groups is 6. The van der Waals surface area contributed by atoms with Gasteiger partial charge in [-0.3, -0.25) is 48.7 Å². The number of nitrogens with zero attached hydrogens (tertiary/aromatic N) is 8. The second kappa shape index (κ2) is 34.4. The third-order valence-corrected chi connectivity index (χ3v) is 9.79. The molecule has 0 aliphatic heterocycles. The second-order valence-corrected chi connectivity index (χ2v) is 15.5. The van der Waals surface area contributed by atoms with Gasteiger partial charge in [0.2, 0.25) is 35.4 Å². The minimum absolute atomic E-state index is 0.00956. The van der Waals surface area contributed by atoms with E-state index in [-0.39, 0.29) is 114 Å². The molecule has 6 amide bonds. The van der Waals surface area contributed by atoms with E-state index < -0.39 is 55.2 Å². The Bertz CT molecular complexity index is 1780. The van der Waals surface area contributed by atoms with Gasteiger partial charge in [-0.25, -0.2) is 0 Å². The molecule has 0 heterocycles. The number of unbranched alkanes of at least 4 members (excludes halogenated alkanes) is 3. The molecule has 1 aromatic rings. The average Bonchev–Trinajstić information content (AvgIpc) is 3.26. The Labute approximate surface area is 392 Å². The van der Waals surface area contributed by atoms with Crippen molar-refractivity contribution in [2.75, 3.05) is 91.6 Å². The van der Waals surface area contributed by atoms with Crippen LogP contribution >= 0.6 is 0 Å². The fraction of sp³-hybridized carbons (Fsp3) is 0.610. The van der Waals surface area contributed by atoms with Gasteiger partial charge >= 0.3 is 0 Å². The van der Waals surface area contributed by atoms with Gasteiger partial charge in [-0.1, -0.05) is 43.2 Å². The first-order valence-electron chi connectivity index (χ1n) is 22.3. The summed E-state index contributed by atoms with van der Waals surface area (Å²) in [6.45, 7) is -0.0464. The summed E-state index contributed by atoms with van der Waals surface area (Å²) in [5.41, 5.74) is 55.6. The molecule has 0 aliphatic rings. The highest BCUT2D eigenvalue weighted by molar-refractivity contribution is 5.92. The zero-order valence-electron chi connectivity index (χ0n) is 38.7. The molecule has 26 heteroatoms. The largest absolute Gasteiger partial charge is 0.370 e. The van der Waals surface area contributed by atoms with E-state index >= 15 is 0 Å². The lowest BCUT2D eigenvalue weighted by Crippen LogP contribution is -2.52. The molecular formula is C41H76N20O6. The molecule has 0 fully saturated rings. The van der Waals surface area contributed by atoms with E-state index in [0.717, 1.165) is 25.7 Å². The standard InChI is InChI=1S/C41H76N20O6/c42-15-6-1-2-7-16-52-24-33(63)59(22-10-19-55-40(48)49)27-34(64)60(23-11-20-56-41(50)51)28-36(66)61(25-30-12-4-3-5-13-30)29-35(65)58(21-9-18-54-39(46)47)26-32(62)57-31(37(43)67)14-8-17-53-38(44)45/h3-5,12-13,31,52H,1-2,6-11,14-29,42H2,(H2,43,67)(H,57,62)(H4,44,45,53)(H4,46,47,54)(H4,48,49,55)(H4,50,51,56)/t31-/m1/s1. The Morgan fingerprint density at radius 1 is 0.507 bits per heavy atom. The molecule has 0 aromatic heterocycles. The van der Waals surface area contributed by atoms with Gasteiger partial charge in [0, 0.05) is 52.4 Å². The third kappa shape index (κ3) is 28.5. The number of nitrogens with two attached hydrogens (primary N) is 10. The first-order chi connectivity index (χ1) is 31.9. The Morgan fingerprint density at radius 2 is 0.940 bits per heavy atom. The van der Waals surface area contributed by atoms with Crippen molar-refractivity contribution in [1.82, 2.24) is 30.2 Å². The number of hydrogen-bond acceptors (Lipinski definition) is 12. The quantitative estimate of drug-likeness (QED) is 0.0170. The molecule has 0 saturated heterocycles. The molecule has 0 bridgehead atoms. The lowest BCUT2D eigenvalue weighted by molar-refractivity contribution is -0.147. The van der Waals surface area contributed by atoms with Gasteiger partial charge in [0.05, 0.1) is 26.2 Å². The van der Waals surface area contributed by atoms with Gasteiger partial charge < -0.3 is 87.6 Å². The van der Waals surface area contributed by atoms with Crippen LogP contribution in [0.5, 0.6) is 0 Å². The van der Waals surface area contributed by atoms with E-state index in [1.54, 1.807) is 30.3 Å². The summed E-state index contributed by atoms with van der Waals surface area (Å²) in [5, 5.41) is 5.70. The number of nitrogens with one attached hydrogen (secondary N) is 2. The summed E-state index contributed by atoms with van der Waals surface area (Å²) in [6.07, 6.45) is 4.94. The van der Waals surface area contributed by atoms with Crippen LogP contribution in [-0.4, -0.2) is 177 Å². The summed E-state index contributed by atoms with van der Waals surface area (Å²) in [4.78, 5) is 103. The number of benzene rings is 1. The molecule has 0 aliphatic carbocycles. The van der Waals surface area contributed by atoms with Crippen LogP contribution in [0.4, 0.5) is 0 Å². The lowest BCUT2D eigenvalue weighted by atomic mass is 10.1. The van der Waals surface area contributed by atoms with Crippen molar-refractivity contribution < 1.29 is 28.8 Å². The molecule has 0 saturated carbocycles. The van der Waals surface area contributed by atoms with Crippen molar-refractivity contribution in [3.8, 4) is 0 Å². The van der Waals surface area contributed by atoms with Gasteiger partial charge in [0.1, 0.15) is 12.6 Å². The van der Waals surface area contributed by atoms with Crippen LogP contribution in [0.1, 0.15) is 63.4 Å². The van der Waals surface area contributed by atoms with E-state index in [1.807, 2.05) is 0 Å². The van der Waals surface area contributed by atoms with E-state index in [1.165, 1.54) is 19.6 Å². The fourth-order valence-electron chi connectivity index (χ4n) is 6.37. The number of carbonyl (C=O) groups excluding carboxylic acids is 6. The number of aliphatic imine (C=N–C) groups is 4. The summed E-state index contributed by atoms with van der Waals surface area (Å²) < 4.78 is 0. The smallest absolute Gasteiger partial charge is 0.242 e. The number of hydrogen-bond donors (Lipinski definition) is 12.